The van der Waals surface area contributed by atoms with Crippen molar-refractivity contribution in [2.24, 2.45) is 22.2 Å². The van der Waals surface area contributed by atoms with Gasteiger partial charge in [0.1, 0.15) is 6.04 Å². The Morgan fingerprint density at radius 2 is 1.23 bits per heavy atom. The summed E-state index contributed by atoms with van der Waals surface area (Å²) in [4.78, 5) is 32.8. The standard InChI is InChI=1S/C28H33N5O2/c1-20(21-12-5-2-6-13-21)33(24(26(29)34)18-11-19-32-28(30)31)27(35)25(22-14-7-3-8-15-22)23-16-9-4-10-17-23/h2-10,12-17,20,24-25H,11,18-19H2,1H3,(H2,29,34)(H4,30,31,32)/t20-,24+/m0/s1. The van der Waals surface area contributed by atoms with E-state index in [1.54, 1.807) is 4.90 Å². The summed E-state index contributed by atoms with van der Waals surface area (Å²) in [5, 5.41) is 0. The second-order valence-electron chi connectivity index (χ2n) is 8.45. The Morgan fingerprint density at radius 3 is 1.66 bits per heavy atom. The number of rotatable bonds is 11. The molecule has 0 bridgehead atoms. The van der Waals surface area contributed by atoms with E-state index in [4.69, 9.17) is 17.2 Å². The number of nitrogens with two attached hydrogens (primary N) is 3. The largest absolute Gasteiger partial charge is 0.370 e. The van der Waals surface area contributed by atoms with Gasteiger partial charge in [-0.25, -0.2) is 0 Å². The van der Waals surface area contributed by atoms with Gasteiger partial charge in [0.05, 0.1) is 12.0 Å². The molecule has 0 radical (unpaired) electrons. The molecule has 0 heterocycles. The van der Waals surface area contributed by atoms with Crippen LogP contribution in [0.5, 0.6) is 0 Å². The maximum atomic E-state index is 14.4. The van der Waals surface area contributed by atoms with Crippen molar-refractivity contribution in [2.45, 2.75) is 37.8 Å². The summed E-state index contributed by atoms with van der Waals surface area (Å²) in [5.74, 6) is -1.36. The fourth-order valence-corrected chi connectivity index (χ4v) is 4.34. The van der Waals surface area contributed by atoms with E-state index >= 15 is 0 Å². The van der Waals surface area contributed by atoms with Gasteiger partial charge in [0.2, 0.25) is 11.8 Å². The van der Waals surface area contributed by atoms with E-state index in [0.29, 0.717) is 19.4 Å². The predicted octanol–water partition coefficient (Wildman–Crippen LogP) is 3.32. The number of nitrogens with zero attached hydrogens (tertiary/aromatic N) is 2. The fourth-order valence-electron chi connectivity index (χ4n) is 4.34. The molecule has 7 nitrogen and oxygen atoms in total. The van der Waals surface area contributed by atoms with Gasteiger partial charge >= 0.3 is 0 Å². The van der Waals surface area contributed by atoms with Crippen LogP contribution in [0.2, 0.25) is 0 Å². The lowest BCUT2D eigenvalue weighted by Gasteiger charge is -2.38. The molecule has 3 aromatic carbocycles. The fraction of sp³-hybridized carbons (Fsp3) is 0.250. The van der Waals surface area contributed by atoms with Gasteiger partial charge in [-0.05, 0) is 36.5 Å². The van der Waals surface area contributed by atoms with Gasteiger partial charge in [0.25, 0.3) is 0 Å². The van der Waals surface area contributed by atoms with Crippen LogP contribution in [0.25, 0.3) is 0 Å². The minimum atomic E-state index is -0.832. The van der Waals surface area contributed by atoms with Crippen LogP contribution >= 0.6 is 0 Å². The first-order valence-electron chi connectivity index (χ1n) is 11.7. The summed E-state index contributed by atoms with van der Waals surface area (Å²) >= 11 is 0. The van der Waals surface area contributed by atoms with Crippen molar-refractivity contribution >= 4 is 17.8 Å². The van der Waals surface area contributed by atoms with Crippen LogP contribution in [0.1, 0.15) is 48.4 Å². The highest BCUT2D eigenvalue weighted by Crippen LogP contribution is 2.33. The molecule has 3 aromatic rings. The molecule has 0 aliphatic carbocycles. The molecule has 0 spiro atoms. The van der Waals surface area contributed by atoms with E-state index in [1.165, 1.54) is 0 Å². The second kappa shape index (κ2) is 12.4. The lowest BCUT2D eigenvalue weighted by atomic mass is 9.88. The molecule has 3 rings (SSSR count). The molecule has 2 amide bonds. The second-order valence-corrected chi connectivity index (χ2v) is 8.45. The number of carbonyl (C=O) groups is 2. The zero-order valence-electron chi connectivity index (χ0n) is 20.0. The van der Waals surface area contributed by atoms with Crippen molar-refractivity contribution in [3.05, 3.63) is 108 Å². The third-order valence-corrected chi connectivity index (χ3v) is 6.06. The van der Waals surface area contributed by atoms with Crippen molar-refractivity contribution in [3.63, 3.8) is 0 Å². The minimum Gasteiger partial charge on any atom is -0.370 e. The number of aliphatic imine (C=N–C) groups is 1. The van der Waals surface area contributed by atoms with E-state index in [1.807, 2.05) is 97.9 Å². The SMILES string of the molecule is C[C@@H](c1ccccc1)N(C(=O)C(c1ccccc1)c1ccccc1)[C@H](CCCN=C(N)N)C(N)=O. The summed E-state index contributed by atoms with van der Waals surface area (Å²) < 4.78 is 0. The summed E-state index contributed by atoms with van der Waals surface area (Å²) in [6.07, 6.45) is 0.837. The van der Waals surface area contributed by atoms with Crippen molar-refractivity contribution in [3.8, 4) is 0 Å². The van der Waals surface area contributed by atoms with Crippen molar-refractivity contribution in [1.29, 1.82) is 0 Å². The summed E-state index contributed by atoms with van der Waals surface area (Å²) in [7, 11) is 0. The van der Waals surface area contributed by atoms with Gasteiger partial charge in [-0.2, -0.15) is 0 Å². The molecule has 6 N–H and O–H groups in total. The van der Waals surface area contributed by atoms with E-state index in [2.05, 4.69) is 4.99 Å². The Morgan fingerprint density at radius 1 is 0.771 bits per heavy atom. The third kappa shape index (κ3) is 6.69. The van der Waals surface area contributed by atoms with Crippen molar-refractivity contribution in [2.75, 3.05) is 6.54 Å². The molecule has 0 aliphatic rings. The van der Waals surface area contributed by atoms with Gasteiger partial charge < -0.3 is 22.1 Å². The summed E-state index contributed by atoms with van der Waals surface area (Å²) in [5.41, 5.74) is 19.4. The van der Waals surface area contributed by atoms with Crippen LogP contribution in [0.4, 0.5) is 0 Å². The lowest BCUT2D eigenvalue weighted by molar-refractivity contribution is -0.142. The number of hydrogen-bond acceptors (Lipinski definition) is 3. The van der Waals surface area contributed by atoms with E-state index < -0.39 is 17.9 Å². The highest BCUT2D eigenvalue weighted by atomic mass is 16.2. The Bertz CT molecular complexity index is 1080. The molecule has 182 valence electrons. The average molecular weight is 472 g/mol. The Balaban J connectivity index is 2.07. The molecular formula is C28H33N5O2. The topological polar surface area (TPSA) is 128 Å². The number of amides is 2. The maximum Gasteiger partial charge on any atom is 0.240 e. The molecule has 0 aliphatic heterocycles. The minimum absolute atomic E-state index is 0.0144. The lowest BCUT2D eigenvalue weighted by Crippen LogP contribution is -2.50. The van der Waals surface area contributed by atoms with Gasteiger partial charge in [-0.3, -0.25) is 14.6 Å². The smallest absolute Gasteiger partial charge is 0.240 e. The van der Waals surface area contributed by atoms with Crippen LogP contribution in [-0.4, -0.2) is 35.3 Å². The van der Waals surface area contributed by atoms with E-state index in [-0.39, 0.29) is 17.9 Å². The number of primary amides is 1. The molecule has 35 heavy (non-hydrogen) atoms. The van der Waals surface area contributed by atoms with Crippen LogP contribution < -0.4 is 17.2 Å². The number of carbonyl (C=O) groups excluding carboxylic acids is 2. The number of hydrogen-bond donors (Lipinski definition) is 3. The molecule has 0 unspecified atom stereocenters. The van der Waals surface area contributed by atoms with E-state index in [9.17, 15) is 9.59 Å². The van der Waals surface area contributed by atoms with Crippen LogP contribution in [0.3, 0.4) is 0 Å². The first-order valence-corrected chi connectivity index (χ1v) is 11.7. The van der Waals surface area contributed by atoms with Gasteiger partial charge in [-0.1, -0.05) is 91.0 Å². The summed E-state index contributed by atoms with van der Waals surface area (Å²) in [6, 6.07) is 27.6. The molecular weight excluding hydrogens is 438 g/mol. The molecule has 0 fully saturated rings. The van der Waals surface area contributed by atoms with E-state index in [0.717, 1.165) is 16.7 Å². The number of guanidine groups is 1. The maximum absolute atomic E-state index is 14.4. The highest BCUT2D eigenvalue weighted by Gasteiger charge is 2.37. The molecule has 0 aromatic heterocycles. The Hall–Kier alpha value is -4.13. The molecule has 7 heteroatoms. The molecule has 0 saturated carbocycles. The normalized spacial score (nSPS) is 12.5. The van der Waals surface area contributed by atoms with Gasteiger partial charge in [0, 0.05) is 6.54 Å². The average Bonchev–Trinajstić information content (AvgIpc) is 2.87. The van der Waals surface area contributed by atoms with Crippen molar-refractivity contribution < 1.29 is 9.59 Å². The first-order chi connectivity index (χ1) is 16.9. The first kappa shape index (κ1) is 25.5. The third-order valence-electron chi connectivity index (χ3n) is 6.06. The van der Waals surface area contributed by atoms with Gasteiger partial charge in [-0.15, -0.1) is 0 Å². The van der Waals surface area contributed by atoms with Crippen LogP contribution in [0, 0.1) is 0 Å². The predicted molar refractivity (Wildman–Crippen MR) is 139 cm³/mol. The van der Waals surface area contributed by atoms with Gasteiger partial charge in [0.15, 0.2) is 5.96 Å². The zero-order valence-corrected chi connectivity index (χ0v) is 20.0. The highest BCUT2D eigenvalue weighted by molar-refractivity contribution is 5.92. The Labute approximate surface area is 206 Å². The zero-order chi connectivity index (χ0) is 25.2. The molecule has 0 saturated heterocycles. The van der Waals surface area contributed by atoms with Crippen LogP contribution in [0.15, 0.2) is 96.0 Å². The quantitative estimate of drug-likeness (QED) is 0.225. The van der Waals surface area contributed by atoms with Crippen LogP contribution in [-0.2, 0) is 9.59 Å². The Kier molecular flexibility index (Phi) is 9.01. The summed E-state index contributed by atoms with van der Waals surface area (Å²) in [6.45, 7) is 2.26. The molecule has 2 atom stereocenters. The number of benzene rings is 3. The van der Waals surface area contributed by atoms with Crippen molar-refractivity contribution in [1.82, 2.24) is 4.90 Å². The monoisotopic (exact) mass is 471 g/mol.